The number of carbonyl (C=O) groups is 1. The van der Waals surface area contributed by atoms with E-state index in [1.807, 2.05) is 24.3 Å². The Morgan fingerprint density at radius 1 is 1.40 bits per heavy atom. The molecule has 106 valence electrons. The van der Waals surface area contributed by atoms with E-state index in [1.54, 1.807) is 0 Å². The molecule has 1 aromatic heterocycles. The predicted molar refractivity (Wildman–Crippen MR) is 84.7 cm³/mol. The average molecular weight is 308 g/mol. The van der Waals surface area contributed by atoms with Crippen LogP contribution in [0.3, 0.4) is 0 Å². The first-order valence-electron chi connectivity index (χ1n) is 6.40. The molecule has 2 rings (SSSR count). The van der Waals surface area contributed by atoms with E-state index in [-0.39, 0.29) is 6.03 Å². The molecule has 0 spiro atoms. The molecule has 5 nitrogen and oxygen atoms in total. The lowest BCUT2D eigenvalue weighted by Gasteiger charge is -2.07. The molecule has 0 aliphatic rings. The van der Waals surface area contributed by atoms with Gasteiger partial charge in [-0.15, -0.1) is 0 Å². The monoisotopic (exact) mass is 308 g/mol. The smallest absolute Gasteiger partial charge is 0.319 e. The molecule has 20 heavy (non-hydrogen) atoms. The van der Waals surface area contributed by atoms with E-state index in [1.165, 1.54) is 11.3 Å². The van der Waals surface area contributed by atoms with Crippen molar-refractivity contribution in [2.75, 3.05) is 11.9 Å². The maximum absolute atomic E-state index is 11.6. The molecule has 2 amide bonds. The van der Waals surface area contributed by atoms with Crippen LogP contribution in [0.2, 0.25) is 0 Å². The molecule has 0 aliphatic heterocycles. The number of unbranched alkanes of at least 4 members (excludes halogenated alkanes) is 1. The van der Waals surface area contributed by atoms with Gasteiger partial charge in [0.05, 0.1) is 0 Å². The molecule has 0 aliphatic carbocycles. The lowest BCUT2D eigenvalue weighted by Crippen LogP contribution is -2.29. The Labute approximate surface area is 126 Å². The molecule has 0 radical (unpaired) electrons. The fraction of sp³-hybridized carbons (Fsp3) is 0.308. The van der Waals surface area contributed by atoms with Crippen molar-refractivity contribution in [2.24, 2.45) is 0 Å². The third-order valence-electron chi connectivity index (χ3n) is 2.64. The van der Waals surface area contributed by atoms with E-state index >= 15 is 0 Å². The number of nitrogens with zero attached hydrogens (tertiary/aromatic N) is 1. The molecule has 3 N–H and O–H groups in total. The number of aromatic nitrogens is 2. The van der Waals surface area contributed by atoms with E-state index in [0.29, 0.717) is 10.5 Å². The fourth-order valence-electron chi connectivity index (χ4n) is 1.60. The lowest BCUT2D eigenvalue weighted by atomic mass is 10.2. The molecule has 7 heteroatoms. The number of rotatable bonds is 5. The Morgan fingerprint density at radius 3 is 2.75 bits per heavy atom. The summed E-state index contributed by atoms with van der Waals surface area (Å²) >= 11 is 6.42. The van der Waals surface area contributed by atoms with Gasteiger partial charge in [0.2, 0.25) is 0 Å². The Bertz CT molecular complexity index is 618. The molecule has 0 bridgehead atoms. The van der Waals surface area contributed by atoms with Gasteiger partial charge in [-0.25, -0.2) is 4.79 Å². The van der Waals surface area contributed by atoms with E-state index in [9.17, 15) is 4.79 Å². The summed E-state index contributed by atoms with van der Waals surface area (Å²) in [4.78, 5) is 11.6. The van der Waals surface area contributed by atoms with E-state index in [4.69, 9.17) is 12.2 Å². The van der Waals surface area contributed by atoms with Gasteiger partial charge in [0.25, 0.3) is 0 Å². The van der Waals surface area contributed by atoms with Crippen molar-refractivity contribution in [3.8, 4) is 10.6 Å². The largest absolute Gasteiger partial charge is 0.338 e. The number of aromatic amines is 1. The highest BCUT2D eigenvalue weighted by Gasteiger charge is 2.04. The molecule has 0 fully saturated rings. The summed E-state index contributed by atoms with van der Waals surface area (Å²) in [6.07, 6.45) is 2.04. The zero-order valence-corrected chi connectivity index (χ0v) is 12.7. The standard InChI is InChI=1S/C13H16N4OS2/c1-2-3-8-14-12(18)15-10-6-4-9(5-7-10)11-16-17-13(19)20-11/h4-7H,2-3,8H2,1H3,(H,17,19)(H2,14,15,18). The molecule has 1 aromatic carbocycles. The number of hydrogen-bond donors (Lipinski definition) is 3. The predicted octanol–water partition coefficient (Wildman–Crippen LogP) is 3.79. The van der Waals surface area contributed by atoms with Crippen LogP contribution in [0, 0.1) is 3.95 Å². The Kier molecular flexibility index (Phi) is 5.25. The summed E-state index contributed by atoms with van der Waals surface area (Å²) in [5.74, 6) is 0. The quantitative estimate of drug-likeness (QED) is 0.581. The lowest BCUT2D eigenvalue weighted by molar-refractivity contribution is 0.252. The maximum atomic E-state index is 11.6. The molecule has 2 aromatic rings. The first-order chi connectivity index (χ1) is 9.69. The van der Waals surface area contributed by atoms with Gasteiger partial charge in [-0.05, 0) is 42.9 Å². The van der Waals surface area contributed by atoms with Crippen molar-refractivity contribution in [1.29, 1.82) is 0 Å². The summed E-state index contributed by atoms with van der Waals surface area (Å²) in [5, 5.41) is 13.3. The van der Waals surface area contributed by atoms with Crippen molar-refractivity contribution in [3.05, 3.63) is 28.2 Å². The van der Waals surface area contributed by atoms with Gasteiger partial charge in [-0.2, -0.15) is 5.10 Å². The van der Waals surface area contributed by atoms with Crippen LogP contribution in [-0.4, -0.2) is 22.8 Å². The number of nitrogens with one attached hydrogen (secondary N) is 3. The highest BCUT2D eigenvalue weighted by molar-refractivity contribution is 7.73. The van der Waals surface area contributed by atoms with E-state index in [0.717, 1.165) is 29.1 Å². The maximum Gasteiger partial charge on any atom is 0.319 e. The molecule has 0 saturated heterocycles. The Balaban J connectivity index is 1.94. The van der Waals surface area contributed by atoms with Crippen LogP contribution in [0.5, 0.6) is 0 Å². The van der Waals surface area contributed by atoms with Crippen LogP contribution < -0.4 is 10.6 Å². The van der Waals surface area contributed by atoms with Gasteiger partial charge in [0.1, 0.15) is 5.01 Å². The molecular formula is C13H16N4OS2. The van der Waals surface area contributed by atoms with Crippen LogP contribution >= 0.6 is 23.6 Å². The van der Waals surface area contributed by atoms with Crippen molar-refractivity contribution in [3.63, 3.8) is 0 Å². The number of anilines is 1. The third-order valence-corrected chi connectivity index (χ3v) is 3.78. The number of benzene rings is 1. The summed E-state index contributed by atoms with van der Waals surface area (Å²) in [5.41, 5.74) is 1.72. The molecule has 0 atom stereocenters. The minimum absolute atomic E-state index is 0.179. The number of urea groups is 1. The van der Waals surface area contributed by atoms with E-state index < -0.39 is 0 Å². The van der Waals surface area contributed by atoms with Gasteiger partial charge in [0.15, 0.2) is 3.95 Å². The summed E-state index contributed by atoms with van der Waals surface area (Å²) in [7, 11) is 0. The normalized spacial score (nSPS) is 10.2. The summed E-state index contributed by atoms with van der Waals surface area (Å²) in [6, 6.07) is 7.33. The number of hydrogen-bond acceptors (Lipinski definition) is 4. The van der Waals surface area contributed by atoms with Gasteiger partial charge in [-0.3, -0.25) is 5.10 Å². The topological polar surface area (TPSA) is 69.8 Å². The minimum Gasteiger partial charge on any atom is -0.338 e. The number of amides is 2. The summed E-state index contributed by atoms with van der Waals surface area (Å²) in [6.45, 7) is 2.78. The fourth-order valence-corrected chi connectivity index (χ4v) is 2.50. The Morgan fingerprint density at radius 2 is 2.15 bits per heavy atom. The van der Waals surface area contributed by atoms with Crippen LogP contribution in [0.25, 0.3) is 10.6 Å². The van der Waals surface area contributed by atoms with Gasteiger partial charge < -0.3 is 10.6 Å². The second-order valence-corrected chi connectivity index (χ2v) is 5.90. The highest BCUT2D eigenvalue weighted by atomic mass is 32.1. The van der Waals surface area contributed by atoms with Gasteiger partial charge in [-0.1, -0.05) is 24.7 Å². The van der Waals surface area contributed by atoms with Gasteiger partial charge >= 0.3 is 6.03 Å². The van der Waals surface area contributed by atoms with Crippen LogP contribution in [0.15, 0.2) is 24.3 Å². The summed E-state index contributed by atoms with van der Waals surface area (Å²) < 4.78 is 0.650. The first kappa shape index (κ1) is 14.7. The SMILES string of the molecule is CCCCNC(=O)Nc1ccc(-c2n[nH]c(=S)s2)cc1. The van der Waals surface area contributed by atoms with Crippen molar-refractivity contribution in [1.82, 2.24) is 15.5 Å². The van der Waals surface area contributed by atoms with Crippen molar-refractivity contribution in [2.45, 2.75) is 19.8 Å². The third kappa shape index (κ3) is 4.14. The number of H-pyrrole nitrogens is 1. The Hall–Kier alpha value is -1.73. The van der Waals surface area contributed by atoms with Crippen LogP contribution in [0.4, 0.5) is 10.5 Å². The first-order valence-corrected chi connectivity index (χ1v) is 7.62. The molecule has 0 unspecified atom stereocenters. The van der Waals surface area contributed by atoms with Crippen LogP contribution in [0.1, 0.15) is 19.8 Å². The number of carbonyl (C=O) groups excluding carboxylic acids is 1. The zero-order chi connectivity index (χ0) is 14.4. The second-order valence-electron chi connectivity index (χ2n) is 4.23. The highest BCUT2D eigenvalue weighted by Crippen LogP contribution is 2.23. The minimum atomic E-state index is -0.179. The van der Waals surface area contributed by atoms with Crippen molar-refractivity contribution >= 4 is 35.3 Å². The molecule has 0 saturated carbocycles. The zero-order valence-electron chi connectivity index (χ0n) is 11.1. The van der Waals surface area contributed by atoms with Gasteiger partial charge in [0, 0.05) is 17.8 Å². The van der Waals surface area contributed by atoms with Crippen LogP contribution in [-0.2, 0) is 0 Å². The second kappa shape index (κ2) is 7.16. The molecule has 1 heterocycles. The van der Waals surface area contributed by atoms with Crippen molar-refractivity contribution < 1.29 is 4.79 Å². The average Bonchev–Trinajstić information content (AvgIpc) is 2.86. The molecular weight excluding hydrogens is 292 g/mol. The van der Waals surface area contributed by atoms with E-state index in [2.05, 4.69) is 27.8 Å².